The number of carboxylic acid groups (broad SMARTS) is 1. The van der Waals surface area contributed by atoms with E-state index in [1.165, 1.54) is 5.56 Å². The van der Waals surface area contributed by atoms with E-state index in [4.69, 9.17) is 4.74 Å². The third kappa shape index (κ3) is 10.0. The standard InChI is InChI=1S/C15H19NO4.C11H15NO.C4H4O3/c1-9-4-5-11(10(6-9)8-16(2)3)14-12(15(18)19)7-13(17)20-14;1-9-4-5-10(8-13)11(6-9)7-12(2)3;5-3-1-2-4(6)7-3/h4-6,12,14H,7-8H2,1-3H3,(H,18,19);4-6,8H,7H2,1-3H3;1-2H2. The average Bonchev–Trinajstić information content (AvgIpc) is 3.43. The Morgan fingerprint density at radius 3 is 1.88 bits per heavy atom. The molecule has 2 aliphatic heterocycles. The first kappa shape index (κ1) is 32.3. The highest BCUT2D eigenvalue weighted by Crippen LogP contribution is 2.37. The SMILES string of the molecule is Cc1ccc(C2OC(=O)CC2C(=O)O)c(CN(C)C)c1.Cc1ccc(C=O)c(CN(C)C)c1.O=C1CCC(=O)O1. The molecule has 2 unspecified atom stereocenters. The van der Waals surface area contributed by atoms with Crippen LogP contribution in [0, 0.1) is 19.8 Å². The number of aldehydes is 1. The van der Waals surface area contributed by atoms with Crippen LogP contribution in [0.4, 0.5) is 0 Å². The summed E-state index contributed by atoms with van der Waals surface area (Å²) < 4.78 is 9.33. The van der Waals surface area contributed by atoms with Gasteiger partial charge in [-0.2, -0.15) is 0 Å². The van der Waals surface area contributed by atoms with Crippen LogP contribution in [0.3, 0.4) is 0 Å². The molecule has 40 heavy (non-hydrogen) atoms. The molecule has 0 amide bonds. The Morgan fingerprint density at radius 2 is 1.40 bits per heavy atom. The Balaban J connectivity index is 0.000000238. The third-order valence-corrected chi connectivity index (χ3v) is 6.09. The second-order valence-corrected chi connectivity index (χ2v) is 10.4. The highest BCUT2D eigenvalue weighted by molar-refractivity contribution is 5.92. The zero-order valence-corrected chi connectivity index (χ0v) is 23.9. The Bertz CT molecular complexity index is 1220. The van der Waals surface area contributed by atoms with Crippen molar-refractivity contribution in [2.45, 2.75) is 52.3 Å². The lowest BCUT2D eigenvalue weighted by Gasteiger charge is -2.21. The van der Waals surface area contributed by atoms with Crippen LogP contribution in [0.1, 0.15) is 63.5 Å². The minimum absolute atomic E-state index is 0.0602. The second kappa shape index (κ2) is 15.0. The van der Waals surface area contributed by atoms with E-state index in [9.17, 15) is 29.1 Å². The summed E-state index contributed by atoms with van der Waals surface area (Å²) in [6.45, 7) is 5.51. The molecular formula is C30H38N2O8. The number of esters is 3. The molecule has 0 radical (unpaired) electrons. The minimum atomic E-state index is -0.989. The van der Waals surface area contributed by atoms with Gasteiger partial charge in [0.2, 0.25) is 0 Å². The largest absolute Gasteiger partial charge is 0.481 e. The smallest absolute Gasteiger partial charge is 0.314 e. The number of nitrogens with zero attached hydrogens (tertiary/aromatic N) is 2. The van der Waals surface area contributed by atoms with Crippen molar-refractivity contribution in [3.05, 3.63) is 69.8 Å². The lowest BCUT2D eigenvalue weighted by Crippen LogP contribution is -2.20. The van der Waals surface area contributed by atoms with Crippen LogP contribution in [0.2, 0.25) is 0 Å². The summed E-state index contributed by atoms with van der Waals surface area (Å²) in [7, 11) is 7.89. The molecule has 2 aliphatic rings. The van der Waals surface area contributed by atoms with Gasteiger partial charge >= 0.3 is 23.9 Å². The number of carbonyl (C=O) groups is 5. The number of benzene rings is 2. The molecule has 10 heteroatoms. The van der Waals surface area contributed by atoms with Gasteiger partial charge < -0.3 is 24.4 Å². The predicted molar refractivity (Wildman–Crippen MR) is 147 cm³/mol. The van der Waals surface area contributed by atoms with Crippen LogP contribution in [0.5, 0.6) is 0 Å². The topological polar surface area (TPSA) is 131 Å². The molecule has 0 spiro atoms. The molecular weight excluding hydrogens is 516 g/mol. The number of aliphatic carboxylic acids is 1. The van der Waals surface area contributed by atoms with Gasteiger partial charge in [-0.15, -0.1) is 0 Å². The molecule has 0 saturated carbocycles. The van der Waals surface area contributed by atoms with Crippen molar-refractivity contribution in [2.24, 2.45) is 5.92 Å². The Labute approximate surface area is 234 Å². The fraction of sp³-hybridized carbons (Fsp3) is 0.433. The van der Waals surface area contributed by atoms with Crippen molar-refractivity contribution < 1.29 is 38.6 Å². The van der Waals surface area contributed by atoms with E-state index >= 15 is 0 Å². The number of carbonyl (C=O) groups excluding carboxylic acids is 4. The fourth-order valence-electron chi connectivity index (χ4n) is 4.31. The van der Waals surface area contributed by atoms with Crippen LogP contribution in [-0.2, 0) is 41.7 Å². The van der Waals surface area contributed by atoms with E-state index in [1.807, 2.05) is 77.3 Å². The zero-order valence-electron chi connectivity index (χ0n) is 23.9. The highest BCUT2D eigenvalue weighted by Gasteiger charge is 2.41. The van der Waals surface area contributed by atoms with Gasteiger partial charge in [0.1, 0.15) is 18.3 Å². The molecule has 4 rings (SSSR count). The van der Waals surface area contributed by atoms with Crippen molar-refractivity contribution in [1.82, 2.24) is 9.80 Å². The second-order valence-electron chi connectivity index (χ2n) is 10.4. The van der Waals surface area contributed by atoms with E-state index < -0.39 is 35.9 Å². The van der Waals surface area contributed by atoms with E-state index in [1.54, 1.807) is 0 Å². The van der Waals surface area contributed by atoms with Gasteiger partial charge in [-0.3, -0.25) is 24.0 Å². The molecule has 0 aromatic heterocycles. The summed E-state index contributed by atoms with van der Waals surface area (Å²) in [6, 6.07) is 11.7. The van der Waals surface area contributed by atoms with Crippen LogP contribution >= 0.6 is 0 Å². The number of cyclic esters (lactones) is 3. The first-order chi connectivity index (χ1) is 18.8. The quantitative estimate of drug-likeness (QED) is 0.308. The van der Waals surface area contributed by atoms with E-state index in [-0.39, 0.29) is 19.3 Å². The Morgan fingerprint density at radius 1 is 0.875 bits per heavy atom. The lowest BCUT2D eigenvalue weighted by molar-refractivity contribution is -0.152. The molecule has 2 atom stereocenters. The number of aryl methyl sites for hydroxylation is 2. The number of carboxylic acids is 1. The maximum Gasteiger partial charge on any atom is 0.314 e. The first-order valence-electron chi connectivity index (χ1n) is 12.9. The van der Waals surface area contributed by atoms with Crippen LogP contribution < -0.4 is 0 Å². The normalized spacial score (nSPS) is 17.9. The van der Waals surface area contributed by atoms with E-state index in [0.717, 1.165) is 40.6 Å². The number of hydrogen-bond donors (Lipinski definition) is 1. The predicted octanol–water partition coefficient (Wildman–Crippen LogP) is 3.46. The van der Waals surface area contributed by atoms with Gasteiger partial charge in [0, 0.05) is 18.7 Å². The maximum atomic E-state index is 11.4. The summed E-state index contributed by atoms with van der Waals surface area (Å²) in [5, 5.41) is 9.25. The molecule has 1 N–H and O–H groups in total. The lowest BCUT2D eigenvalue weighted by atomic mass is 9.91. The third-order valence-electron chi connectivity index (χ3n) is 6.09. The summed E-state index contributed by atoms with van der Waals surface area (Å²) in [6.07, 6.45) is 0.696. The Kier molecular flexibility index (Phi) is 12.2. The van der Waals surface area contributed by atoms with Gasteiger partial charge in [0.05, 0.1) is 19.3 Å². The molecule has 2 aromatic carbocycles. The molecule has 10 nitrogen and oxygen atoms in total. The summed E-state index contributed by atoms with van der Waals surface area (Å²) >= 11 is 0. The monoisotopic (exact) mass is 554 g/mol. The van der Waals surface area contributed by atoms with Crippen LogP contribution in [0.15, 0.2) is 36.4 Å². The summed E-state index contributed by atoms with van der Waals surface area (Å²) in [5.41, 5.74) is 5.98. The molecule has 2 fully saturated rings. The van der Waals surface area contributed by atoms with Gasteiger partial charge in [-0.05, 0) is 58.7 Å². The summed E-state index contributed by atoms with van der Waals surface area (Å²) in [4.78, 5) is 57.5. The van der Waals surface area contributed by atoms with Crippen molar-refractivity contribution in [3.8, 4) is 0 Å². The van der Waals surface area contributed by atoms with Gasteiger partial charge in [-0.25, -0.2) is 0 Å². The molecule has 2 saturated heterocycles. The first-order valence-corrected chi connectivity index (χ1v) is 12.9. The van der Waals surface area contributed by atoms with Crippen molar-refractivity contribution >= 4 is 30.2 Å². The highest BCUT2D eigenvalue weighted by atomic mass is 16.6. The van der Waals surface area contributed by atoms with Crippen LogP contribution in [-0.4, -0.2) is 73.3 Å². The van der Waals surface area contributed by atoms with Crippen LogP contribution in [0.25, 0.3) is 0 Å². The van der Waals surface area contributed by atoms with Gasteiger partial charge in [0.25, 0.3) is 0 Å². The van der Waals surface area contributed by atoms with Crippen molar-refractivity contribution in [3.63, 3.8) is 0 Å². The molecule has 216 valence electrons. The minimum Gasteiger partial charge on any atom is -0.481 e. The fourth-order valence-corrected chi connectivity index (χ4v) is 4.31. The molecule has 2 heterocycles. The summed E-state index contributed by atoms with van der Waals surface area (Å²) in [5.74, 6) is -3.03. The number of rotatable bonds is 7. The maximum absolute atomic E-state index is 11.4. The zero-order chi connectivity index (χ0) is 30.0. The number of ether oxygens (including phenoxy) is 2. The molecule has 2 aromatic rings. The van der Waals surface area contributed by atoms with Gasteiger partial charge in [0.15, 0.2) is 0 Å². The van der Waals surface area contributed by atoms with Crippen molar-refractivity contribution in [1.29, 1.82) is 0 Å². The number of hydrogen-bond acceptors (Lipinski definition) is 9. The molecule has 0 aliphatic carbocycles. The Hall–Kier alpha value is -3.89. The van der Waals surface area contributed by atoms with Crippen molar-refractivity contribution in [2.75, 3.05) is 28.2 Å². The molecule has 0 bridgehead atoms. The van der Waals surface area contributed by atoms with E-state index in [2.05, 4.69) is 15.7 Å². The van der Waals surface area contributed by atoms with Gasteiger partial charge in [-0.1, -0.05) is 47.5 Å². The van der Waals surface area contributed by atoms with E-state index in [0.29, 0.717) is 6.54 Å². The average molecular weight is 555 g/mol.